The van der Waals surface area contributed by atoms with Crippen molar-refractivity contribution in [1.29, 1.82) is 0 Å². The van der Waals surface area contributed by atoms with Gasteiger partial charge in [-0.25, -0.2) is 0 Å². The standard InChI is InChI=1S/C18H11Cl4NO2/c19-11-5-9(6-12(20)17(11)24)16(15-3-1-2-4-23-15)10-7-13(21)18(25)14(22)8-10/h1-8,16,24-25H. The topological polar surface area (TPSA) is 53.4 Å². The number of aromatic nitrogens is 1. The van der Waals surface area contributed by atoms with Crippen LogP contribution in [0.15, 0.2) is 48.7 Å². The molecule has 3 nitrogen and oxygen atoms in total. The summed E-state index contributed by atoms with van der Waals surface area (Å²) >= 11 is 24.3. The lowest BCUT2D eigenvalue weighted by Gasteiger charge is -2.20. The van der Waals surface area contributed by atoms with Gasteiger partial charge in [-0.15, -0.1) is 0 Å². The monoisotopic (exact) mass is 413 g/mol. The Balaban J connectivity index is 2.25. The fourth-order valence-corrected chi connectivity index (χ4v) is 3.59. The smallest absolute Gasteiger partial charge is 0.152 e. The molecule has 3 aromatic rings. The van der Waals surface area contributed by atoms with Crippen LogP contribution < -0.4 is 0 Å². The number of rotatable bonds is 3. The zero-order valence-electron chi connectivity index (χ0n) is 12.5. The molecule has 0 unspecified atom stereocenters. The van der Waals surface area contributed by atoms with E-state index in [1.807, 2.05) is 12.1 Å². The molecule has 7 heteroatoms. The third-order valence-electron chi connectivity index (χ3n) is 3.73. The van der Waals surface area contributed by atoms with Gasteiger partial charge in [-0.1, -0.05) is 52.5 Å². The normalized spacial score (nSPS) is 11.1. The molecule has 0 aliphatic carbocycles. The summed E-state index contributed by atoms with van der Waals surface area (Å²) in [6.07, 6.45) is 1.66. The first-order valence-corrected chi connectivity index (χ1v) is 8.66. The maximum absolute atomic E-state index is 9.82. The van der Waals surface area contributed by atoms with Gasteiger partial charge in [-0.3, -0.25) is 4.98 Å². The molecule has 0 aliphatic heterocycles. The minimum atomic E-state index is -0.396. The first-order chi connectivity index (χ1) is 11.9. The molecule has 0 fully saturated rings. The molecule has 0 saturated heterocycles. The molecule has 0 saturated carbocycles. The van der Waals surface area contributed by atoms with Crippen LogP contribution in [0, 0.1) is 0 Å². The van der Waals surface area contributed by atoms with Gasteiger partial charge >= 0.3 is 0 Å². The summed E-state index contributed by atoms with van der Waals surface area (Å²) in [5, 5.41) is 20.1. The average Bonchev–Trinajstić information content (AvgIpc) is 2.58. The van der Waals surface area contributed by atoms with Gasteiger partial charge in [0.2, 0.25) is 0 Å². The second-order valence-corrected chi connectivity index (χ2v) is 6.98. The summed E-state index contributed by atoms with van der Waals surface area (Å²) in [7, 11) is 0. The molecule has 128 valence electrons. The Morgan fingerprint density at radius 1 is 0.720 bits per heavy atom. The van der Waals surface area contributed by atoms with Crippen LogP contribution in [0.25, 0.3) is 0 Å². The third-order valence-corrected chi connectivity index (χ3v) is 4.88. The van der Waals surface area contributed by atoms with Crippen LogP contribution in [0.2, 0.25) is 20.1 Å². The molecule has 0 spiro atoms. The van der Waals surface area contributed by atoms with Gasteiger partial charge in [0.15, 0.2) is 11.5 Å². The van der Waals surface area contributed by atoms with Crippen LogP contribution in [-0.2, 0) is 0 Å². The number of phenols is 2. The Bertz CT molecular complexity index is 828. The fourth-order valence-electron chi connectivity index (χ4n) is 2.58. The minimum absolute atomic E-state index is 0.124. The lowest BCUT2D eigenvalue weighted by Crippen LogP contribution is -2.06. The Labute approximate surface area is 164 Å². The van der Waals surface area contributed by atoms with E-state index in [1.165, 1.54) is 0 Å². The van der Waals surface area contributed by atoms with Gasteiger partial charge in [0.1, 0.15) is 0 Å². The molecular formula is C18H11Cl4NO2. The first kappa shape index (κ1) is 18.2. The lowest BCUT2D eigenvalue weighted by atomic mass is 9.88. The van der Waals surface area contributed by atoms with Crippen molar-refractivity contribution in [3.8, 4) is 11.5 Å². The molecule has 0 aliphatic rings. The van der Waals surface area contributed by atoms with Crippen molar-refractivity contribution < 1.29 is 10.2 Å². The molecule has 0 amide bonds. The van der Waals surface area contributed by atoms with Crippen LogP contribution in [-0.4, -0.2) is 15.2 Å². The predicted octanol–water partition coefficient (Wildman–Crippen LogP) is 6.29. The number of halogens is 4. The maximum atomic E-state index is 9.82. The third kappa shape index (κ3) is 3.65. The van der Waals surface area contributed by atoms with Gasteiger partial charge < -0.3 is 10.2 Å². The van der Waals surface area contributed by atoms with E-state index in [0.29, 0.717) is 16.8 Å². The van der Waals surface area contributed by atoms with Crippen molar-refractivity contribution >= 4 is 46.4 Å². The van der Waals surface area contributed by atoms with E-state index in [2.05, 4.69) is 4.98 Å². The Kier molecular flexibility index (Phi) is 5.30. The molecule has 0 bridgehead atoms. The zero-order valence-corrected chi connectivity index (χ0v) is 15.6. The fraction of sp³-hybridized carbons (Fsp3) is 0.0556. The van der Waals surface area contributed by atoms with Gasteiger partial charge in [-0.05, 0) is 47.5 Å². The summed E-state index contributed by atoms with van der Waals surface area (Å²) in [6, 6.07) is 11.9. The van der Waals surface area contributed by atoms with E-state index in [4.69, 9.17) is 46.4 Å². The number of hydrogen-bond acceptors (Lipinski definition) is 3. The van der Waals surface area contributed by atoms with Crippen LogP contribution in [0.1, 0.15) is 22.7 Å². The van der Waals surface area contributed by atoms with E-state index >= 15 is 0 Å². The van der Waals surface area contributed by atoms with Crippen molar-refractivity contribution in [1.82, 2.24) is 4.98 Å². The predicted molar refractivity (Wildman–Crippen MR) is 101 cm³/mol. The van der Waals surface area contributed by atoms with E-state index in [9.17, 15) is 10.2 Å². The minimum Gasteiger partial charge on any atom is -0.505 e. The zero-order chi connectivity index (χ0) is 18.1. The first-order valence-electron chi connectivity index (χ1n) is 7.15. The van der Waals surface area contributed by atoms with E-state index in [1.54, 1.807) is 36.5 Å². The Hall–Kier alpha value is -1.65. The molecule has 1 heterocycles. The van der Waals surface area contributed by atoms with Gasteiger partial charge in [0.05, 0.1) is 31.7 Å². The average molecular weight is 415 g/mol. The number of nitrogens with zero attached hydrogens (tertiary/aromatic N) is 1. The number of hydrogen-bond donors (Lipinski definition) is 2. The van der Waals surface area contributed by atoms with Crippen molar-refractivity contribution in [2.45, 2.75) is 5.92 Å². The molecule has 2 aromatic carbocycles. The molecular weight excluding hydrogens is 404 g/mol. The van der Waals surface area contributed by atoms with Crippen LogP contribution in [0.3, 0.4) is 0 Å². The number of aromatic hydroxyl groups is 2. The van der Waals surface area contributed by atoms with Crippen molar-refractivity contribution in [3.63, 3.8) is 0 Å². The number of pyridine rings is 1. The Morgan fingerprint density at radius 2 is 1.16 bits per heavy atom. The molecule has 0 radical (unpaired) electrons. The largest absolute Gasteiger partial charge is 0.505 e. The summed E-state index contributed by atoms with van der Waals surface area (Å²) in [5.74, 6) is -0.769. The van der Waals surface area contributed by atoms with Crippen molar-refractivity contribution in [3.05, 3.63) is 85.6 Å². The molecule has 25 heavy (non-hydrogen) atoms. The van der Waals surface area contributed by atoms with Gasteiger partial charge in [0, 0.05) is 6.20 Å². The molecule has 1 aromatic heterocycles. The van der Waals surface area contributed by atoms with Gasteiger partial charge in [-0.2, -0.15) is 0 Å². The summed E-state index contributed by atoms with van der Waals surface area (Å²) in [6.45, 7) is 0. The van der Waals surface area contributed by atoms with Crippen molar-refractivity contribution in [2.24, 2.45) is 0 Å². The number of benzene rings is 2. The van der Waals surface area contributed by atoms with Crippen LogP contribution >= 0.6 is 46.4 Å². The second kappa shape index (κ2) is 7.30. The van der Waals surface area contributed by atoms with E-state index in [0.717, 1.165) is 0 Å². The Morgan fingerprint density at radius 3 is 1.52 bits per heavy atom. The molecule has 0 atom stereocenters. The summed E-state index contributed by atoms with van der Waals surface area (Å²) in [5.41, 5.74) is 2.10. The molecule has 2 N–H and O–H groups in total. The maximum Gasteiger partial charge on any atom is 0.152 e. The van der Waals surface area contributed by atoms with Crippen LogP contribution in [0.5, 0.6) is 11.5 Å². The summed E-state index contributed by atoms with van der Waals surface area (Å²) < 4.78 is 0. The SMILES string of the molecule is Oc1c(Cl)cc(C(c2cc(Cl)c(O)c(Cl)c2)c2ccccn2)cc1Cl. The van der Waals surface area contributed by atoms with Gasteiger partial charge in [0.25, 0.3) is 0 Å². The van der Waals surface area contributed by atoms with Crippen molar-refractivity contribution in [2.75, 3.05) is 0 Å². The quantitative estimate of drug-likeness (QED) is 0.529. The summed E-state index contributed by atoms with van der Waals surface area (Å²) in [4.78, 5) is 4.40. The lowest BCUT2D eigenvalue weighted by molar-refractivity contribution is 0.475. The highest BCUT2D eigenvalue weighted by Gasteiger charge is 2.22. The van der Waals surface area contributed by atoms with E-state index in [-0.39, 0.29) is 31.6 Å². The number of phenolic OH excluding ortho intramolecular Hbond substituents is 2. The second-order valence-electron chi connectivity index (χ2n) is 5.35. The van der Waals surface area contributed by atoms with Crippen LogP contribution in [0.4, 0.5) is 0 Å². The highest BCUT2D eigenvalue weighted by atomic mass is 35.5. The highest BCUT2D eigenvalue weighted by molar-refractivity contribution is 6.37. The highest BCUT2D eigenvalue weighted by Crippen LogP contribution is 2.42. The molecule has 3 rings (SSSR count). The van der Waals surface area contributed by atoms with E-state index < -0.39 is 5.92 Å².